The van der Waals surface area contributed by atoms with Crippen LogP contribution in [0.1, 0.15) is 22.6 Å². The summed E-state index contributed by atoms with van der Waals surface area (Å²) in [5.74, 6) is 0.147. The Balaban J connectivity index is 1.45. The highest BCUT2D eigenvalue weighted by Crippen LogP contribution is 2.21. The predicted molar refractivity (Wildman–Crippen MR) is 102 cm³/mol. The molecule has 3 aromatic rings. The Bertz CT molecular complexity index is 1000. The molecule has 146 valence electrons. The fourth-order valence-electron chi connectivity index (χ4n) is 3.42. The van der Waals surface area contributed by atoms with E-state index in [9.17, 15) is 9.18 Å². The van der Waals surface area contributed by atoms with E-state index in [1.165, 1.54) is 16.8 Å². The fourth-order valence-corrected chi connectivity index (χ4v) is 3.42. The number of amides is 1. The molecule has 0 unspecified atom stereocenters. The maximum absolute atomic E-state index is 14.0. The summed E-state index contributed by atoms with van der Waals surface area (Å²) in [6, 6.07) is 0. The van der Waals surface area contributed by atoms with Crippen molar-refractivity contribution in [3.63, 3.8) is 0 Å². The van der Waals surface area contributed by atoms with Crippen LogP contribution in [0.2, 0.25) is 0 Å². The summed E-state index contributed by atoms with van der Waals surface area (Å²) in [5.41, 5.74) is 0.908. The zero-order valence-electron chi connectivity index (χ0n) is 15.7. The highest BCUT2D eigenvalue weighted by Gasteiger charge is 2.23. The van der Waals surface area contributed by atoms with Gasteiger partial charge in [-0.15, -0.1) is 0 Å². The number of hydrogen-bond acceptors (Lipinski definition) is 7. The molecule has 1 fully saturated rings. The first-order valence-corrected chi connectivity index (χ1v) is 9.08. The van der Waals surface area contributed by atoms with Crippen molar-refractivity contribution >= 4 is 23.2 Å². The standard InChI is InChI=1S/C18H21FN8O/c1-11-8-27-10-14(24-16(19)17(27)23-11)25-18(28)13-6-22-15(7-21-13)26-4-3-12(9-26)5-20-2/h6-8,10,12,20H,3-5,9H2,1-2H3,(H,25,28)/t12-/m0/s1. The molecule has 1 atom stereocenters. The average molecular weight is 384 g/mol. The van der Waals surface area contributed by atoms with Gasteiger partial charge in [0, 0.05) is 19.3 Å². The van der Waals surface area contributed by atoms with E-state index in [0.717, 1.165) is 31.9 Å². The third kappa shape index (κ3) is 3.63. The quantitative estimate of drug-likeness (QED) is 0.683. The predicted octanol–water partition coefficient (Wildman–Crippen LogP) is 1.26. The second-order valence-corrected chi connectivity index (χ2v) is 6.90. The number of halogens is 1. The Hall–Kier alpha value is -3.14. The van der Waals surface area contributed by atoms with Gasteiger partial charge < -0.3 is 15.5 Å². The summed E-state index contributed by atoms with van der Waals surface area (Å²) in [6.45, 7) is 4.55. The molecule has 10 heteroatoms. The lowest BCUT2D eigenvalue weighted by Gasteiger charge is -2.17. The van der Waals surface area contributed by atoms with Crippen molar-refractivity contribution in [1.82, 2.24) is 29.7 Å². The zero-order valence-corrected chi connectivity index (χ0v) is 15.7. The van der Waals surface area contributed by atoms with Crippen LogP contribution in [-0.2, 0) is 0 Å². The second kappa shape index (κ2) is 7.47. The number of nitrogens with one attached hydrogen (secondary N) is 2. The number of anilines is 2. The Morgan fingerprint density at radius 2 is 2.14 bits per heavy atom. The summed E-state index contributed by atoms with van der Waals surface area (Å²) >= 11 is 0. The minimum Gasteiger partial charge on any atom is -0.355 e. The van der Waals surface area contributed by atoms with Crippen molar-refractivity contribution in [3.8, 4) is 0 Å². The third-order valence-corrected chi connectivity index (χ3v) is 4.73. The number of aryl methyl sites for hydroxylation is 1. The molecule has 1 aliphatic rings. The molecule has 0 bridgehead atoms. The number of aromatic nitrogens is 5. The molecule has 1 amide bonds. The molecule has 4 heterocycles. The first kappa shape index (κ1) is 18.2. The van der Waals surface area contributed by atoms with Crippen LogP contribution in [-0.4, -0.2) is 56.9 Å². The fraction of sp³-hybridized carbons (Fsp3) is 0.389. The number of rotatable bonds is 5. The van der Waals surface area contributed by atoms with Gasteiger partial charge in [0.15, 0.2) is 11.5 Å². The third-order valence-electron chi connectivity index (χ3n) is 4.73. The highest BCUT2D eigenvalue weighted by molar-refractivity contribution is 6.02. The van der Waals surface area contributed by atoms with Crippen LogP contribution in [0.4, 0.5) is 16.0 Å². The van der Waals surface area contributed by atoms with Crippen LogP contribution < -0.4 is 15.5 Å². The number of carbonyl (C=O) groups is 1. The zero-order chi connectivity index (χ0) is 19.7. The van der Waals surface area contributed by atoms with Crippen molar-refractivity contribution in [2.24, 2.45) is 5.92 Å². The van der Waals surface area contributed by atoms with Gasteiger partial charge in [0.05, 0.1) is 24.3 Å². The summed E-state index contributed by atoms with van der Waals surface area (Å²) < 4.78 is 15.5. The van der Waals surface area contributed by atoms with Crippen molar-refractivity contribution in [3.05, 3.63) is 42.1 Å². The molecule has 0 aromatic carbocycles. The van der Waals surface area contributed by atoms with E-state index in [2.05, 4.69) is 35.5 Å². The smallest absolute Gasteiger partial charge is 0.277 e. The maximum atomic E-state index is 14.0. The summed E-state index contributed by atoms with van der Waals surface area (Å²) in [6.07, 6.45) is 7.27. The van der Waals surface area contributed by atoms with E-state index < -0.39 is 11.9 Å². The minimum atomic E-state index is -0.752. The van der Waals surface area contributed by atoms with E-state index in [4.69, 9.17) is 0 Å². The van der Waals surface area contributed by atoms with Crippen molar-refractivity contribution in [2.45, 2.75) is 13.3 Å². The molecule has 2 N–H and O–H groups in total. The Kier molecular flexibility index (Phi) is 4.86. The molecule has 4 rings (SSSR count). The maximum Gasteiger partial charge on any atom is 0.277 e. The van der Waals surface area contributed by atoms with E-state index in [-0.39, 0.29) is 17.2 Å². The van der Waals surface area contributed by atoms with Gasteiger partial charge in [-0.25, -0.2) is 15.0 Å². The van der Waals surface area contributed by atoms with Crippen LogP contribution >= 0.6 is 0 Å². The van der Waals surface area contributed by atoms with Gasteiger partial charge >= 0.3 is 0 Å². The van der Waals surface area contributed by atoms with Crippen molar-refractivity contribution in [2.75, 3.05) is 36.9 Å². The lowest BCUT2D eigenvalue weighted by Crippen LogP contribution is -2.25. The summed E-state index contributed by atoms with van der Waals surface area (Å²) in [5, 5.41) is 5.74. The van der Waals surface area contributed by atoms with Crippen molar-refractivity contribution < 1.29 is 9.18 Å². The lowest BCUT2D eigenvalue weighted by atomic mass is 10.1. The number of nitrogens with zero attached hydrogens (tertiary/aromatic N) is 6. The molecule has 1 saturated heterocycles. The van der Waals surface area contributed by atoms with Gasteiger partial charge in [-0.1, -0.05) is 0 Å². The highest BCUT2D eigenvalue weighted by atomic mass is 19.1. The Labute approximate surface area is 161 Å². The van der Waals surface area contributed by atoms with Gasteiger partial charge in [0.1, 0.15) is 11.5 Å². The minimum absolute atomic E-state index is 0.0766. The molecule has 1 aliphatic heterocycles. The number of imidazole rings is 1. The molecule has 9 nitrogen and oxygen atoms in total. The van der Waals surface area contributed by atoms with Gasteiger partial charge in [-0.2, -0.15) is 9.37 Å². The molecule has 3 aromatic heterocycles. The average Bonchev–Trinajstić information content (AvgIpc) is 3.28. The van der Waals surface area contributed by atoms with E-state index in [1.54, 1.807) is 19.3 Å². The van der Waals surface area contributed by atoms with E-state index in [1.807, 2.05) is 7.05 Å². The molecule has 0 radical (unpaired) electrons. The van der Waals surface area contributed by atoms with Crippen LogP contribution in [0, 0.1) is 18.8 Å². The molecule has 0 spiro atoms. The second-order valence-electron chi connectivity index (χ2n) is 6.90. The molecule has 0 aliphatic carbocycles. The number of hydrogen-bond donors (Lipinski definition) is 2. The van der Waals surface area contributed by atoms with Crippen LogP contribution in [0.5, 0.6) is 0 Å². The normalized spacial score (nSPS) is 16.7. The van der Waals surface area contributed by atoms with E-state index in [0.29, 0.717) is 11.6 Å². The Morgan fingerprint density at radius 1 is 1.29 bits per heavy atom. The van der Waals surface area contributed by atoms with Gasteiger partial charge in [-0.05, 0) is 32.9 Å². The number of carbonyl (C=O) groups excluding carboxylic acids is 1. The lowest BCUT2D eigenvalue weighted by molar-refractivity contribution is 0.102. The molecular weight excluding hydrogens is 363 g/mol. The molecule has 0 saturated carbocycles. The van der Waals surface area contributed by atoms with E-state index >= 15 is 0 Å². The van der Waals surface area contributed by atoms with Crippen molar-refractivity contribution in [1.29, 1.82) is 0 Å². The van der Waals surface area contributed by atoms with Crippen LogP contribution in [0.3, 0.4) is 0 Å². The molecular formula is C18H21FN8O. The SMILES string of the molecule is CNC[C@@H]1CCN(c2cnc(C(=O)Nc3cn4cc(C)nc4c(F)n3)cn2)C1. The topological polar surface area (TPSA) is 100 Å². The number of fused-ring (bicyclic) bond motifs is 1. The Morgan fingerprint density at radius 3 is 2.89 bits per heavy atom. The first-order chi connectivity index (χ1) is 13.5. The summed E-state index contributed by atoms with van der Waals surface area (Å²) in [4.78, 5) is 30.9. The monoisotopic (exact) mass is 384 g/mol. The van der Waals surface area contributed by atoms with Crippen LogP contribution in [0.25, 0.3) is 5.65 Å². The first-order valence-electron chi connectivity index (χ1n) is 9.08. The van der Waals surface area contributed by atoms with Gasteiger partial charge in [0.2, 0.25) is 0 Å². The van der Waals surface area contributed by atoms with Gasteiger partial charge in [0.25, 0.3) is 11.9 Å². The summed E-state index contributed by atoms with van der Waals surface area (Å²) in [7, 11) is 1.95. The van der Waals surface area contributed by atoms with Crippen LogP contribution in [0.15, 0.2) is 24.8 Å². The molecule has 28 heavy (non-hydrogen) atoms. The largest absolute Gasteiger partial charge is 0.355 e. The van der Waals surface area contributed by atoms with Gasteiger partial charge in [-0.3, -0.25) is 9.20 Å².